The van der Waals surface area contributed by atoms with Gasteiger partial charge in [0.05, 0.1) is 24.5 Å². The minimum absolute atomic E-state index is 0.0153. The van der Waals surface area contributed by atoms with Gasteiger partial charge in [-0.2, -0.15) is 13.2 Å². The van der Waals surface area contributed by atoms with Crippen LogP contribution in [0.25, 0.3) is 0 Å². The highest BCUT2D eigenvalue weighted by Gasteiger charge is 2.35. The van der Waals surface area contributed by atoms with Crippen LogP contribution < -0.4 is 15.5 Å². The number of hydrogen-bond acceptors (Lipinski definition) is 4. The number of alkyl halides is 3. The number of halogens is 3. The lowest BCUT2D eigenvalue weighted by Crippen LogP contribution is -2.36. The first-order valence-corrected chi connectivity index (χ1v) is 9.46. The van der Waals surface area contributed by atoms with Gasteiger partial charge < -0.3 is 20.3 Å². The number of rotatable bonds is 7. The number of anilines is 2. The molecule has 3 rings (SSSR count). The van der Waals surface area contributed by atoms with E-state index >= 15 is 0 Å². The SMILES string of the molecule is O=C(CCCNC(=O)C1CC1)Nc1ccc(N2CCOCC2)cc1C(F)(F)F. The first-order valence-electron chi connectivity index (χ1n) is 9.46. The highest BCUT2D eigenvalue weighted by molar-refractivity contribution is 5.92. The molecule has 6 nitrogen and oxygen atoms in total. The minimum atomic E-state index is -4.58. The molecule has 1 aromatic rings. The van der Waals surface area contributed by atoms with Crippen LogP contribution in [-0.2, 0) is 20.5 Å². The topological polar surface area (TPSA) is 70.7 Å². The zero-order valence-electron chi connectivity index (χ0n) is 15.5. The molecule has 28 heavy (non-hydrogen) atoms. The van der Waals surface area contributed by atoms with E-state index in [1.54, 1.807) is 6.07 Å². The second-order valence-electron chi connectivity index (χ2n) is 7.04. The maximum Gasteiger partial charge on any atom is 0.418 e. The number of nitrogens with zero attached hydrogens (tertiary/aromatic N) is 1. The molecule has 2 amide bonds. The number of hydrogen-bond donors (Lipinski definition) is 2. The fourth-order valence-corrected chi connectivity index (χ4v) is 3.06. The molecule has 0 bridgehead atoms. The summed E-state index contributed by atoms with van der Waals surface area (Å²) in [5, 5.41) is 5.08. The summed E-state index contributed by atoms with van der Waals surface area (Å²) in [6.45, 7) is 2.32. The van der Waals surface area contributed by atoms with Gasteiger partial charge >= 0.3 is 6.18 Å². The zero-order valence-corrected chi connectivity index (χ0v) is 15.5. The Morgan fingerprint density at radius 2 is 1.89 bits per heavy atom. The van der Waals surface area contributed by atoms with Crippen LogP contribution in [-0.4, -0.2) is 44.7 Å². The Hall–Kier alpha value is -2.29. The van der Waals surface area contributed by atoms with Gasteiger partial charge in [-0.1, -0.05) is 0 Å². The van der Waals surface area contributed by atoms with Crippen LogP contribution in [0.1, 0.15) is 31.2 Å². The first kappa shape index (κ1) is 20.4. The van der Waals surface area contributed by atoms with Crippen molar-refractivity contribution in [2.24, 2.45) is 5.92 Å². The van der Waals surface area contributed by atoms with E-state index in [0.717, 1.165) is 18.9 Å². The Bertz CT molecular complexity index is 714. The molecule has 1 heterocycles. The average Bonchev–Trinajstić information content (AvgIpc) is 3.50. The van der Waals surface area contributed by atoms with E-state index in [-0.39, 0.29) is 23.9 Å². The molecule has 0 aromatic heterocycles. The van der Waals surface area contributed by atoms with Crippen LogP contribution in [0.5, 0.6) is 0 Å². The number of nitrogens with one attached hydrogen (secondary N) is 2. The molecule has 154 valence electrons. The smallest absolute Gasteiger partial charge is 0.378 e. The summed E-state index contributed by atoms with van der Waals surface area (Å²) in [7, 11) is 0. The van der Waals surface area contributed by atoms with Crippen molar-refractivity contribution in [1.29, 1.82) is 0 Å². The summed E-state index contributed by atoms with van der Waals surface area (Å²) in [4.78, 5) is 25.4. The fourth-order valence-electron chi connectivity index (χ4n) is 3.06. The Balaban J connectivity index is 1.58. The standard InChI is InChI=1S/C19H24F3N3O3/c20-19(21,22)15-12-14(25-8-10-28-11-9-25)5-6-16(15)24-17(26)2-1-7-23-18(27)13-3-4-13/h5-6,12-13H,1-4,7-11H2,(H,23,27)(H,24,26). The number of amides is 2. The number of benzene rings is 1. The predicted molar refractivity (Wildman–Crippen MR) is 98.1 cm³/mol. The van der Waals surface area contributed by atoms with Crippen LogP contribution in [0, 0.1) is 5.92 Å². The molecule has 0 unspecified atom stereocenters. The third kappa shape index (κ3) is 5.60. The van der Waals surface area contributed by atoms with E-state index in [9.17, 15) is 22.8 Å². The van der Waals surface area contributed by atoms with Crippen molar-refractivity contribution in [2.75, 3.05) is 43.1 Å². The van der Waals surface area contributed by atoms with Gasteiger partial charge in [-0.15, -0.1) is 0 Å². The predicted octanol–water partition coefficient (Wildman–Crippen LogP) is 2.79. The quantitative estimate of drug-likeness (QED) is 0.692. The average molecular weight is 399 g/mol. The number of carbonyl (C=O) groups excluding carboxylic acids is 2. The fraction of sp³-hybridized carbons (Fsp3) is 0.579. The Morgan fingerprint density at radius 3 is 2.54 bits per heavy atom. The molecular formula is C19H24F3N3O3. The Morgan fingerprint density at radius 1 is 1.18 bits per heavy atom. The van der Waals surface area contributed by atoms with E-state index in [1.165, 1.54) is 6.07 Å². The van der Waals surface area contributed by atoms with Gasteiger partial charge in [0.15, 0.2) is 0 Å². The van der Waals surface area contributed by atoms with Crippen molar-refractivity contribution in [3.8, 4) is 0 Å². The molecule has 1 saturated heterocycles. The third-order valence-electron chi connectivity index (χ3n) is 4.79. The second-order valence-corrected chi connectivity index (χ2v) is 7.04. The van der Waals surface area contributed by atoms with Crippen LogP contribution >= 0.6 is 0 Å². The second kappa shape index (κ2) is 8.81. The normalized spacial score (nSPS) is 17.3. The van der Waals surface area contributed by atoms with E-state index in [4.69, 9.17) is 4.74 Å². The number of morpholine rings is 1. The maximum atomic E-state index is 13.5. The van der Waals surface area contributed by atoms with Crippen molar-refractivity contribution in [1.82, 2.24) is 5.32 Å². The summed E-state index contributed by atoms with van der Waals surface area (Å²) in [5.41, 5.74) is -0.667. The van der Waals surface area contributed by atoms with Gasteiger partial charge in [0.25, 0.3) is 0 Å². The highest BCUT2D eigenvalue weighted by Crippen LogP contribution is 2.37. The van der Waals surface area contributed by atoms with Gasteiger partial charge in [-0.05, 0) is 37.5 Å². The summed E-state index contributed by atoms with van der Waals surface area (Å²) in [6.07, 6.45) is -2.38. The molecule has 2 N–H and O–H groups in total. The zero-order chi connectivity index (χ0) is 20.1. The van der Waals surface area contributed by atoms with Crippen molar-refractivity contribution in [3.63, 3.8) is 0 Å². The number of ether oxygens (including phenoxy) is 1. The monoisotopic (exact) mass is 399 g/mol. The molecule has 0 atom stereocenters. The first-order chi connectivity index (χ1) is 13.3. The molecule has 9 heteroatoms. The van der Waals surface area contributed by atoms with E-state index in [2.05, 4.69) is 10.6 Å². The molecule has 1 aliphatic heterocycles. The summed E-state index contributed by atoms with van der Waals surface area (Å²) < 4.78 is 45.7. The van der Waals surface area contributed by atoms with Gasteiger partial charge in [0.2, 0.25) is 11.8 Å². The van der Waals surface area contributed by atoms with Crippen LogP contribution in [0.3, 0.4) is 0 Å². The van der Waals surface area contributed by atoms with Gasteiger partial charge in [0, 0.05) is 37.7 Å². The maximum absolute atomic E-state index is 13.5. The van der Waals surface area contributed by atoms with E-state index < -0.39 is 17.6 Å². The largest absolute Gasteiger partial charge is 0.418 e. The van der Waals surface area contributed by atoms with Gasteiger partial charge in [-0.3, -0.25) is 9.59 Å². The minimum Gasteiger partial charge on any atom is -0.378 e. The van der Waals surface area contributed by atoms with Crippen molar-refractivity contribution in [3.05, 3.63) is 23.8 Å². The van der Waals surface area contributed by atoms with Crippen LogP contribution in [0.15, 0.2) is 18.2 Å². The Kier molecular flexibility index (Phi) is 6.43. The third-order valence-corrected chi connectivity index (χ3v) is 4.79. The lowest BCUT2D eigenvalue weighted by atomic mass is 10.1. The molecule has 2 aliphatic rings. The number of carbonyl (C=O) groups is 2. The molecule has 0 radical (unpaired) electrons. The summed E-state index contributed by atoms with van der Waals surface area (Å²) in [5.74, 6) is -0.433. The van der Waals surface area contributed by atoms with Gasteiger partial charge in [0.1, 0.15) is 0 Å². The molecule has 1 aromatic carbocycles. The lowest BCUT2D eigenvalue weighted by molar-refractivity contribution is -0.137. The molecule has 1 saturated carbocycles. The van der Waals surface area contributed by atoms with Crippen molar-refractivity contribution >= 4 is 23.2 Å². The van der Waals surface area contributed by atoms with E-state index in [1.807, 2.05) is 4.90 Å². The summed E-state index contributed by atoms with van der Waals surface area (Å²) >= 11 is 0. The van der Waals surface area contributed by atoms with Crippen molar-refractivity contribution in [2.45, 2.75) is 31.9 Å². The molecule has 1 aliphatic carbocycles. The van der Waals surface area contributed by atoms with E-state index in [0.29, 0.717) is 45.0 Å². The molecular weight excluding hydrogens is 375 g/mol. The molecule has 2 fully saturated rings. The van der Waals surface area contributed by atoms with Gasteiger partial charge in [-0.25, -0.2) is 0 Å². The Labute approximate surface area is 161 Å². The van der Waals surface area contributed by atoms with Crippen molar-refractivity contribution < 1.29 is 27.5 Å². The summed E-state index contributed by atoms with van der Waals surface area (Å²) in [6, 6.07) is 3.93. The lowest BCUT2D eigenvalue weighted by Gasteiger charge is -2.29. The molecule has 0 spiro atoms. The highest BCUT2D eigenvalue weighted by atomic mass is 19.4. The van der Waals surface area contributed by atoms with Crippen LogP contribution in [0.2, 0.25) is 0 Å². The van der Waals surface area contributed by atoms with Crippen LogP contribution in [0.4, 0.5) is 24.5 Å².